The van der Waals surface area contributed by atoms with Crippen molar-refractivity contribution in [2.24, 2.45) is 0 Å². The summed E-state index contributed by atoms with van der Waals surface area (Å²) >= 11 is 0. The molecule has 1 aliphatic rings. The molecular formula is C17H21N3O. The zero-order valence-corrected chi connectivity index (χ0v) is 12.6. The van der Waals surface area contributed by atoms with Gasteiger partial charge < -0.3 is 4.90 Å². The summed E-state index contributed by atoms with van der Waals surface area (Å²) in [5, 5.41) is 4.40. The summed E-state index contributed by atoms with van der Waals surface area (Å²) in [7, 11) is 0. The molecule has 0 aliphatic carbocycles. The van der Waals surface area contributed by atoms with Crippen molar-refractivity contribution in [2.75, 3.05) is 6.54 Å². The molecule has 1 atom stereocenters. The van der Waals surface area contributed by atoms with E-state index in [0.717, 1.165) is 30.8 Å². The molecule has 1 aromatic heterocycles. The number of aromatic nitrogens is 2. The van der Waals surface area contributed by atoms with Crippen LogP contribution in [0.5, 0.6) is 0 Å². The molecule has 1 saturated heterocycles. The molecule has 0 spiro atoms. The lowest BCUT2D eigenvalue weighted by molar-refractivity contribution is 0.0635. The molecule has 1 aliphatic heterocycles. The number of piperidine rings is 1. The topological polar surface area (TPSA) is 38.1 Å². The Kier molecular flexibility index (Phi) is 3.78. The van der Waals surface area contributed by atoms with E-state index in [1.807, 2.05) is 46.8 Å². The standard InChI is InChI=1S/C17H21N3O/c1-13-8-6-7-11-19(13)17(21)16-12-18-20(14(16)2)15-9-4-3-5-10-15/h3-5,9-10,12-13H,6-8,11H2,1-2H3. The predicted octanol–water partition coefficient (Wildman–Crippen LogP) is 3.20. The Morgan fingerprint density at radius 2 is 2.00 bits per heavy atom. The van der Waals surface area contributed by atoms with E-state index in [1.54, 1.807) is 6.20 Å². The van der Waals surface area contributed by atoms with Crippen LogP contribution in [0, 0.1) is 6.92 Å². The third-order valence-electron chi connectivity index (χ3n) is 4.30. The second-order valence-electron chi connectivity index (χ2n) is 5.73. The fourth-order valence-electron chi connectivity index (χ4n) is 3.00. The van der Waals surface area contributed by atoms with Crippen LogP contribution in [0.25, 0.3) is 5.69 Å². The molecule has 0 bridgehead atoms. The van der Waals surface area contributed by atoms with E-state index in [4.69, 9.17) is 0 Å². The molecular weight excluding hydrogens is 262 g/mol. The van der Waals surface area contributed by atoms with Crippen molar-refractivity contribution in [3.8, 4) is 5.69 Å². The molecule has 1 amide bonds. The van der Waals surface area contributed by atoms with Gasteiger partial charge in [-0.25, -0.2) is 4.68 Å². The third-order valence-corrected chi connectivity index (χ3v) is 4.30. The number of likely N-dealkylation sites (tertiary alicyclic amines) is 1. The van der Waals surface area contributed by atoms with E-state index >= 15 is 0 Å². The lowest BCUT2D eigenvalue weighted by atomic mass is 10.0. The highest BCUT2D eigenvalue weighted by Crippen LogP contribution is 2.21. The van der Waals surface area contributed by atoms with Gasteiger partial charge >= 0.3 is 0 Å². The van der Waals surface area contributed by atoms with Crippen LogP contribution in [-0.4, -0.2) is 33.2 Å². The number of hydrogen-bond donors (Lipinski definition) is 0. The van der Waals surface area contributed by atoms with Gasteiger partial charge in [0.1, 0.15) is 0 Å². The highest BCUT2D eigenvalue weighted by Gasteiger charge is 2.26. The molecule has 110 valence electrons. The van der Waals surface area contributed by atoms with E-state index in [1.165, 1.54) is 6.42 Å². The van der Waals surface area contributed by atoms with E-state index in [2.05, 4.69) is 12.0 Å². The minimum atomic E-state index is 0.113. The third kappa shape index (κ3) is 2.58. The highest BCUT2D eigenvalue weighted by molar-refractivity contribution is 5.95. The lowest BCUT2D eigenvalue weighted by Gasteiger charge is -2.33. The van der Waals surface area contributed by atoms with Crippen molar-refractivity contribution in [3.63, 3.8) is 0 Å². The monoisotopic (exact) mass is 283 g/mol. The minimum Gasteiger partial charge on any atom is -0.336 e. The zero-order chi connectivity index (χ0) is 14.8. The highest BCUT2D eigenvalue weighted by atomic mass is 16.2. The van der Waals surface area contributed by atoms with Gasteiger partial charge in [-0.15, -0.1) is 0 Å². The fraction of sp³-hybridized carbons (Fsp3) is 0.412. The van der Waals surface area contributed by atoms with Gasteiger partial charge in [-0.3, -0.25) is 4.79 Å². The van der Waals surface area contributed by atoms with Crippen molar-refractivity contribution in [3.05, 3.63) is 47.8 Å². The van der Waals surface area contributed by atoms with E-state index < -0.39 is 0 Å². The van der Waals surface area contributed by atoms with E-state index in [0.29, 0.717) is 11.6 Å². The molecule has 1 fully saturated rings. The summed E-state index contributed by atoms with van der Waals surface area (Å²) in [6.45, 7) is 4.95. The van der Waals surface area contributed by atoms with Crippen molar-refractivity contribution < 1.29 is 4.79 Å². The normalized spacial score (nSPS) is 18.8. The molecule has 1 aromatic carbocycles. The van der Waals surface area contributed by atoms with Gasteiger partial charge in [-0.2, -0.15) is 5.10 Å². The average Bonchev–Trinajstić information content (AvgIpc) is 2.90. The molecule has 2 heterocycles. The van der Waals surface area contributed by atoms with Crippen LogP contribution in [0.1, 0.15) is 42.2 Å². The zero-order valence-electron chi connectivity index (χ0n) is 12.6. The van der Waals surface area contributed by atoms with Gasteiger partial charge in [0.25, 0.3) is 5.91 Å². The van der Waals surface area contributed by atoms with Crippen LogP contribution in [0.3, 0.4) is 0 Å². The van der Waals surface area contributed by atoms with Gasteiger partial charge in [-0.1, -0.05) is 18.2 Å². The molecule has 3 rings (SSSR count). The fourth-order valence-corrected chi connectivity index (χ4v) is 3.00. The van der Waals surface area contributed by atoms with Crippen LogP contribution >= 0.6 is 0 Å². The van der Waals surface area contributed by atoms with Crippen LogP contribution in [0.4, 0.5) is 0 Å². The molecule has 4 nitrogen and oxygen atoms in total. The molecule has 0 saturated carbocycles. The summed E-state index contributed by atoms with van der Waals surface area (Å²) in [5.41, 5.74) is 2.61. The first-order valence-electron chi connectivity index (χ1n) is 7.59. The van der Waals surface area contributed by atoms with Crippen LogP contribution < -0.4 is 0 Å². The molecule has 21 heavy (non-hydrogen) atoms. The molecule has 1 unspecified atom stereocenters. The Labute approximate surface area is 125 Å². The van der Waals surface area contributed by atoms with Crippen molar-refractivity contribution >= 4 is 5.91 Å². The number of amides is 1. The second kappa shape index (κ2) is 5.72. The van der Waals surface area contributed by atoms with Crippen LogP contribution in [-0.2, 0) is 0 Å². The number of rotatable bonds is 2. The summed E-state index contributed by atoms with van der Waals surface area (Å²) < 4.78 is 1.84. The first-order valence-corrected chi connectivity index (χ1v) is 7.59. The summed E-state index contributed by atoms with van der Waals surface area (Å²) in [4.78, 5) is 14.7. The number of nitrogens with zero attached hydrogens (tertiary/aromatic N) is 3. The molecule has 0 N–H and O–H groups in total. The Morgan fingerprint density at radius 1 is 1.24 bits per heavy atom. The average molecular weight is 283 g/mol. The van der Waals surface area contributed by atoms with Gasteiger partial charge in [0, 0.05) is 12.6 Å². The van der Waals surface area contributed by atoms with Gasteiger partial charge in [0.05, 0.1) is 23.1 Å². The minimum absolute atomic E-state index is 0.113. The molecule has 2 aromatic rings. The van der Waals surface area contributed by atoms with Crippen LogP contribution in [0.15, 0.2) is 36.5 Å². The summed E-state index contributed by atoms with van der Waals surface area (Å²) in [6, 6.07) is 10.3. The predicted molar refractivity (Wildman–Crippen MR) is 82.7 cm³/mol. The first-order chi connectivity index (χ1) is 10.2. The van der Waals surface area contributed by atoms with Gasteiger partial charge in [-0.05, 0) is 45.2 Å². The first kappa shape index (κ1) is 13.9. The Hall–Kier alpha value is -2.10. The number of para-hydroxylation sites is 1. The lowest BCUT2D eigenvalue weighted by Crippen LogP contribution is -2.42. The molecule has 0 radical (unpaired) electrons. The van der Waals surface area contributed by atoms with Gasteiger partial charge in [0.15, 0.2) is 0 Å². The van der Waals surface area contributed by atoms with Gasteiger partial charge in [0.2, 0.25) is 0 Å². The number of carbonyl (C=O) groups is 1. The van der Waals surface area contributed by atoms with E-state index in [-0.39, 0.29) is 5.91 Å². The number of benzene rings is 1. The Bertz CT molecular complexity index is 633. The SMILES string of the molecule is Cc1c(C(=O)N2CCCCC2C)cnn1-c1ccccc1. The van der Waals surface area contributed by atoms with Crippen molar-refractivity contribution in [1.82, 2.24) is 14.7 Å². The Morgan fingerprint density at radius 3 is 2.71 bits per heavy atom. The second-order valence-corrected chi connectivity index (χ2v) is 5.73. The van der Waals surface area contributed by atoms with Crippen molar-refractivity contribution in [2.45, 2.75) is 39.2 Å². The summed E-state index contributed by atoms with van der Waals surface area (Å²) in [6.07, 6.45) is 5.11. The number of hydrogen-bond acceptors (Lipinski definition) is 2. The maximum Gasteiger partial charge on any atom is 0.257 e. The maximum atomic E-state index is 12.7. The van der Waals surface area contributed by atoms with Crippen molar-refractivity contribution in [1.29, 1.82) is 0 Å². The quantitative estimate of drug-likeness (QED) is 0.849. The van der Waals surface area contributed by atoms with E-state index in [9.17, 15) is 4.79 Å². The largest absolute Gasteiger partial charge is 0.336 e. The summed E-state index contributed by atoms with van der Waals surface area (Å²) in [5.74, 6) is 0.113. The Balaban J connectivity index is 1.90. The molecule has 4 heteroatoms. The smallest absolute Gasteiger partial charge is 0.257 e. The number of carbonyl (C=O) groups excluding carboxylic acids is 1. The maximum absolute atomic E-state index is 12.7. The van der Waals surface area contributed by atoms with Crippen LogP contribution in [0.2, 0.25) is 0 Å².